The van der Waals surface area contributed by atoms with Gasteiger partial charge in [-0.1, -0.05) is 0 Å². The summed E-state index contributed by atoms with van der Waals surface area (Å²) in [6.45, 7) is 1.74. The number of fused-ring (bicyclic) bond motifs is 1. The molecule has 0 unspecified atom stereocenters. The Labute approximate surface area is 199 Å². The number of rotatable bonds is 5. The summed E-state index contributed by atoms with van der Waals surface area (Å²) in [6, 6.07) is 5.32. The molecule has 1 aromatic carbocycles. The van der Waals surface area contributed by atoms with Crippen molar-refractivity contribution in [2.45, 2.75) is 18.2 Å². The number of hydrogen-bond donors (Lipinski definition) is 2. The second-order valence-electron chi connectivity index (χ2n) is 8.91. The topological polar surface area (TPSA) is 106 Å². The van der Waals surface area contributed by atoms with Gasteiger partial charge in [0.1, 0.15) is 11.4 Å². The van der Waals surface area contributed by atoms with Crippen molar-refractivity contribution in [2.24, 2.45) is 5.73 Å². The zero-order chi connectivity index (χ0) is 24.6. The van der Waals surface area contributed by atoms with Gasteiger partial charge in [0.2, 0.25) is 0 Å². The first kappa shape index (κ1) is 23.4. The third-order valence-corrected chi connectivity index (χ3v) is 6.26. The first-order valence-corrected chi connectivity index (χ1v) is 11.2. The molecule has 3 aliphatic heterocycles. The Morgan fingerprint density at radius 1 is 1.20 bits per heavy atom. The molecule has 1 amide bonds. The summed E-state index contributed by atoms with van der Waals surface area (Å²) in [5.41, 5.74) is 7.28. The van der Waals surface area contributed by atoms with Crippen molar-refractivity contribution in [1.82, 2.24) is 14.9 Å². The molecule has 0 aliphatic carbocycles. The van der Waals surface area contributed by atoms with E-state index in [-0.39, 0.29) is 24.5 Å². The molecule has 186 valence electrons. The number of nitrogens with zero attached hydrogens (tertiary/aromatic N) is 4. The predicted molar refractivity (Wildman–Crippen MR) is 122 cm³/mol. The van der Waals surface area contributed by atoms with Crippen LogP contribution in [-0.4, -0.2) is 78.5 Å². The summed E-state index contributed by atoms with van der Waals surface area (Å²) >= 11 is 0. The fourth-order valence-electron chi connectivity index (χ4n) is 4.82. The Bertz CT molecular complexity index is 1130. The van der Waals surface area contributed by atoms with Crippen LogP contribution in [0.2, 0.25) is 0 Å². The Hall–Kier alpha value is -3.38. The predicted octanol–water partition coefficient (Wildman–Crippen LogP) is 1.80. The number of alkyl halides is 3. The molecule has 0 bridgehead atoms. The van der Waals surface area contributed by atoms with E-state index in [1.54, 1.807) is 6.07 Å². The van der Waals surface area contributed by atoms with Crippen LogP contribution in [0.3, 0.4) is 0 Å². The number of nitrogens with one attached hydrogen (secondary N) is 1. The molecule has 0 atom stereocenters. The monoisotopic (exact) mass is 490 g/mol. The molecule has 4 heterocycles. The summed E-state index contributed by atoms with van der Waals surface area (Å²) in [5, 5.41) is 2.93. The molecule has 9 nitrogen and oxygen atoms in total. The van der Waals surface area contributed by atoms with Crippen LogP contribution in [0.1, 0.15) is 11.4 Å². The summed E-state index contributed by atoms with van der Waals surface area (Å²) < 4.78 is 49.9. The third-order valence-electron chi connectivity index (χ3n) is 6.26. The van der Waals surface area contributed by atoms with Crippen molar-refractivity contribution in [2.75, 3.05) is 56.2 Å². The van der Waals surface area contributed by atoms with Crippen LogP contribution in [0.25, 0.3) is 5.57 Å². The zero-order valence-corrected chi connectivity index (χ0v) is 18.8. The fourth-order valence-corrected chi connectivity index (χ4v) is 4.82. The number of likely N-dealkylation sites (tertiary alicyclic amines) is 1. The highest BCUT2D eigenvalue weighted by Crippen LogP contribution is 2.45. The van der Waals surface area contributed by atoms with Crippen LogP contribution in [0.5, 0.6) is 5.75 Å². The summed E-state index contributed by atoms with van der Waals surface area (Å²) in [7, 11) is 0. The number of amides is 1. The normalized spacial score (nSPS) is 19.7. The maximum absolute atomic E-state index is 13.1. The number of anilines is 2. The van der Waals surface area contributed by atoms with E-state index in [0.717, 1.165) is 17.5 Å². The maximum atomic E-state index is 13.1. The van der Waals surface area contributed by atoms with E-state index in [2.05, 4.69) is 20.2 Å². The minimum atomic E-state index is -4.25. The molecule has 1 spiro atoms. The van der Waals surface area contributed by atoms with Gasteiger partial charge in [0.25, 0.3) is 5.91 Å². The van der Waals surface area contributed by atoms with Gasteiger partial charge in [0.15, 0.2) is 5.82 Å². The summed E-state index contributed by atoms with van der Waals surface area (Å²) in [4.78, 5) is 24.7. The zero-order valence-electron chi connectivity index (χ0n) is 18.8. The number of carbonyl (C=O) groups is 1. The lowest BCUT2D eigenvalue weighted by atomic mass is 9.89. The SMILES string of the molecule is NC=C(C(=O)Nc1cc2c(cc1N1CCOCC1)OC1(C2)CN(CC(F)(F)F)C1)c1ncccn1. The molecule has 0 saturated carbocycles. The largest absolute Gasteiger partial charge is 0.484 e. The lowest BCUT2D eigenvalue weighted by molar-refractivity contribution is -0.176. The molecule has 2 saturated heterocycles. The van der Waals surface area contributed by atoms with Gasteiger partial charge in [-0.2, -0.15) is 13.2 Å². The van der Waals surface area contributed by atoms with E-state index >= 15 is 0 Å². The van der Waals surface area contributed by atoms with Gasteiger partial charge in [-0.15, -0.1) is 0 Å². The van der Waals surface area contributed by atoms with Crippen LogP contribution in [-0.2, 0) is 16.0 Å². The Morgan fingerprint density at radius 2 is 1.91 bits per heavy atom. The van der Waals surface area contributed by atoms with Crippen molar-refractivity contribution in [3.8, 4) is 5.75 Å². The summed E-state index contributed by atoms with van der Waals surface area (Å²) in [5.74, 6) is 0.349. The quantitative estimate of drug-likeness (QED) is 0.612. The Kier molecular flexibility index (Phi) is 6.01. The maximum Gasteiger partial charge on any atom is 0.401 e. The van der Waals surface area contributed by atoms with Crippen LogP contribution in [0.4, 0.5) is 24.5 Å². The highest BCUT2D eigenvalue weighted by molar-refractivity contribution is 6.24. The van der Waals surface area contributed by atoms with Crippen molar-refractivity contribution in [3.05, 3.63) is 48.2 Å². The number of benzene rings is 1. The van der Waals surface area contributed by atoms with Crippen molar-refractivity contribution >= 4 is 22.9 Å². The molecule has 2 fully saturated rings. The molecular weight excluding hydrogens is 465 g/mol. The van der Waals surface area contributed by atoms with Crippen molar-refractivity contribution in [3.63, 3.8) is 0 Å². The fraction of sp³-hybridized carbons (Fsp3) is 0.435. The van der Waals surface area contributed by atoms with E-state index in [1.807, 2.05) is 12.1 Å². The van der Waals surface area contributed by atoms with E-state index in [0.29, 0.717) is 44.2 Å². The molecule has 12 heteroatoms. The second-order valence-corrected chi connectivity index (χ2v) is 8.91. The van der Waals surface area contributed by atoms with Crippen LogP contribution in [0, 0.1) is 0 Å². The standard InChI is InChI=1S/C23H25F3N6O3/c24-23(25,26)14-31-12-22(13-31)10-15-8-17(18(9-19(15)35-22)32-4-6-34-7-5-32)30-21(33)16(11-27)20-28-2-1-3-29-20/h1-3,8-9,11H,4-7,10,12-14,27H2,(H,30,33). The minimum absolute atomic E-state index is 0.119. The number of morpholine rings is 1. The molecule has 35 heavy (non-hydrogen) atoms. The van der Waals surface area contributed by atoms with Gasteiger partial charge in [-0.25, -0.2) is 9.97 Å². The Morgan fingerprint density at radius 3 is 2.57 bits per heavy atom. The highest BCUT2D eigenvalue weighted by Gasteiger charge is 2.52. The van der Waals surface area contributed by atoms with E-state index < -0.39 is 24.2 Å². The van der Waals surface area contributed by atoms with Gasteiger partial charge >= 0.3 is 6.18 Å². The number of nitrogens with two attached hydrogens (primary N) is 1. The average molecular weight is 490 g/mol. The Balaban J connectivity index is 1.40. The van der Waals surface area contributed by atoms with E-state index in [4.69, 9.17) is 15.2 Å². The number of aromatic nitrogens is 2. The molecule has 0 radical (unpaired) electrons. The van der Waals surface area contributed by atoms with Crippen LogP contribution in [0.15, 0.2) is 36.8 Å². The number of halogens is 3. The van der Waals surface area contributed by atoms with Crippen LogP contribution >= 0.6 is 0 Å². The third kappa shape index (κ3) is 4.89. The van der Waals surface area contributed by atoms with E-state index in [9.17, 15) is 18.0 Å². The van der Waals surface area contributed by atoms with Crippen molar-refractivity contribution in [1.29, 1.82) is 0 Å². The van der Waals surface area contributed by atoms with Crippen molar-refractivity contribution < 1.29 is 27.4 Å². The molecule has 3 N–H and O–H groups in total. The average Bonchev–Trinajstić information content (AvgIpc) is 3.17. The van der Waals surface area contributed by atoms with E-state index in [1.165, 1.54) is 17.3 Å². The number of carbonyl (C=O) groups excluding carboxylic acids is 1. The molecule has 2 aromatic rings. The number of ether oxygens (including phenoxy) is 2. The minimum Gasteiger partial charge on any atom is -0.484 e. The second kappa shape index (κ2) is 9.00. The first-order valence-electron chi connectivity index (χ1n) is 11.2. The van der Waals surface area contributed by atoms with Crippen LogP contribution < -0.4 is 20.7 Å². The lowest BCUT2D eigenvalue weighted by Gasteiger charge is -2.47. The molecule has 5 rings (SSSR count). The smallest absolute Gasteiger partial charge is 0.401 e. The first-order chi connectivity index (χ1) is 16.8. The molecular formula is C23H25F3N6O3. The summed E-state index contributed by atoms with van der Waals surface area (Å²) in [6.07, 6.45) is 0.416. The lowest BCUT2D eigenvalue weighted by Crippen LogP contribution is -2.65. The van der Waals surface area contributed by atoms with Gasteiger partial charge in [-0.3, -0.25) is 9.69 Å². The van der Waals surface area contributed by atoms with Gasteiger partial charge < -0.3 is 25.4 Å². The highest BCUT2D eigenvalue weighted by atomic mass is 19.4. The van der Waals surface area contributed by atoms with Gasteiger partial charge in [-0.05, 0) is 12.1 Å². The number of hydrogen-bond acceptors (Lipinski definition) is 8. The van der Waals surface area contributed by atoms with Gasteiger partial charge in [0, 0.05) is 62.8 Å². The molecule has 1 aromatic heterocycles. The van der Waals surface area contributed by atoms with Gasteiger partial charge in [0.05, 0.1) is 36.7 Å². The molecule has 3 aliphatic rings.